The van der Waals surface area contributed by atoms with Crippen molar-refractivity contribution in [3.05, 3.63) is 101 Å². The molecule has 5 nitrogen and oxygen atoms in total. The van der Waals surface area contributed by atoms with Gasteiger partial charge in [-0.25, -0.2) is 0 Å². The van der Waals surface area contributed by atoms with Crippen molar-refractivity contribution in [2.45, 2.75) is 6.42 Å². The monoisotopic (exact) mass is 432 g/mol. The molecule has 0 radical (unpaired) electrons. The lowest BCUT2D eigenvalue weighted by atomic mass is 10.1. The van der Waals surface area contributed by atoms with E-state index in [-0.39, 0.29) is 24.1 Å². The number of para-hydroxylation sites is 2. The zero-order valence-electron chi connectivity index (χ0n) is 16.8. The van der Waals surface area contributed by atoms with Crippen LogP contribution in [0.1, 0.15) is 11.1 Å². The summed E-state index contributed by atoms with van der Waals surface area (Å²) in [6.45, 7) is 0.374. The highest BCUT2D eigenvalue weighted by Crippen LogP contribution is 2.35. The average molecular weight is 433 g/mol. The summed E-state index contributed by atoms with van der Waals surface area (Å²) in [5.41, 5.74) is 2.49. The van der Waals surface area contributed by atoms with Crippen LogP contribution in [0.3, 0.4) is 0 Å². The van der Waals surface area contributed by atoms with Gasteiger partial charge in [0, 0.05) is 11.6 Å². The minimum absolute atomic E-state index is 0.0913. The highest BCUT2D eigenvalue weighted by molar-refractivity contribution is 6.30. The van der Waals surface area contributed by atoms with Crippen LogP contribution < -0.4 is 15.0 Å². The molecule has 0 saturated carbocycles. The Kier molecular flexibility index (Phi) is 6.34. The van der Waals surface area contributed by atoms with Crippen molar-refractivity contribution in [3.8, 4) is 5.75 Å². The number of anilines is 1. The maximum atomic E-state index is 13.1. The third kappa shape index (κ3) is 5.13. The van der Waals surface area contributed by atoms with E-state index in [0.717, 1.165) is 11.1 Å². The van der Waals surface area contributed by atoms with Gasteiger partial charge in [-0.2, -0.15) is 0 Å². The van der Waals surface area contributed by atoms with Gasteiger partial charge in [-0.05, 0) is 47.9 Å². The number of nitrogens with zero attached hydrogens (tertiary/aromatic N) is 1. The van der Waals surface area contributed by atoms with E-state index in [9.17, 15) is 9.59 Å². The van der Waals surface area contributed by atoms with E-state index >= 15 is 0 Å². The first-order chi connectivity index (χ1) is 15.1. The van der Waals surface area contributed by atoms with Crippen molar-refractivity contribution in [1.29, 1.82) is 0 Å². The lowest BCUT2D eigenvalue weighted by Gasteiger charge is -2.30. The lowest BCUT2D eigenvalue weighted by molar-refractivity contribution is -0.123. The maximum Gasteiger partial charge on any atom is 0.294 e. The summed E-state index contributed by atoms with van der Waals surface area (Å²) in [6.07, 6.45) is 2.36. The van der Waals surface area contributed by atoms with Crippen molar-refractivity contribution in [2.75, 3.05) is 18.0 Å². The highest BCUT2D eigenvalue weighted by Gasteiger charge is 2.31. The third-order valence-corrected chi connectivity index (χ3v) is 5.13. The molecule has 6 heteroatoms. The fourth-order valence-corrected chi connectivity index (χ4v) is 3.44. The molecule has 2 amide bonds. The van der Waals surface area contributed by atoms with Crippen LogP contribution in [-0.2, 0) is 16.0 Å². The van der Waals surface area contributed by atoms with Crippen LogP contribution in [0.5, 0.6) is 5.75 Å². The number of ether oxygens (including phenoxy) is 1. The number of amides is 2. The Morgan fingerprint density at radius 1 is 0.968 bits per heavy atom. The molecule has 3 aromatic rings. The topological polar surface area (TPSA) is 58.6 Å². The molecule has 1 heterocycles. The van der Waals surface area contributed by atoms with Gasteiger partial charge < -0.3 is 10.1 Å². The van der Waals surface area contributed by atoms with E-state index in [1.54, 1.807) is 18.2 Å². The number of carbonyl (C=O) groups excluding carboxylic acids is 2. The van der Waals surface area contributed by atoms with Gasteiger partial charge in [0.1, 0.15) is 6.54 Å². The molecule has 0 atom stereocenters. The molecule has 0 bridgehead atoms. The first-order valence-electron chi connectivity index (χ1n) is 9.97. The Labute approximate surface area is 185 Å². The van der Waals surface area contributed by atoms with E-state index < -0.39 is 0 Å². The second-order valence-electron chi connectivity index (χ2n) is 7.11. The summed E-state index contributed by atoms with van der Waals surface area (Å²) in [5.74, 6) is 0.130. The van der Waals surface area contributed by atoms with Gasteiger partial charge in [-0.15, -0.1) is 0 Å². The summed E-state index contributed by atoms with van der Waals surface area (Å²) >= 11 is 5.90. The van der Waals surface area contributed by atoms with E-state index in [1.807, 2.05) is 66.7 Å². The molecule has 1 aliphatic heterocycles. The fourth-order valence-electron chi connectivity index (χ4n) is 3.32. The van der Waals surface area contributed by atoms with Crippen LogP contribution >= 0.6 is 11.6 Å². The minimum Gasteiger partial charge on any atom is -0.449 e. The molecular formula is C25H21ClN2O3. The second-order valence-corrected chi connectivity index (χ2v) is 7.54. The van der Waals surface area contributed by atoms with Crippen LogP contribution in [0, 0.1) is 0 Å². The lowest BCUT2D eigenvalue weighted by Crippen LogP contribution is -2.44. The Morgan fingerprint density at radius 3 is 2.45 bits per heavy atom. The first kappa shape index (κ1) is 20.7. The Morgan fingerprint density at radius 2 is 1.68 bits per heavy atom. The van der Waals surface area contributed by atoms with E-state index in [0.29, 0.717) is 29.4 Å². The molecule has 0 unspecified atom stereocenters. The fraction of sp³-hybridized carbons (Fsp3) is 0.120. The number of carbonyl (C=O) groups is 2. The molecule has 1 aliphatic rings. The predicted molar refractivity (Wildman–Crippen MR) is 122 cm³/mol. The van der Waals surface area contributed by atoms with Crippen molar-refractivity contribution in [2.24, 2.45) is 0 Å². The zero-order valence-corrected chi connectivity index (χ0v) is 17.5. The summed E-state index contributed by atoms with van der Waals surface area (Å²) in [4.78, 5) is 27.1. The number of halogens is 1. The standard InChI is InChI=1S/C25H21ClN2O3/c26-20-12-10-18(11-13-20)14-15-27-24(29)17-28-21-8-4-5-9-22(21)31-23(25(28)30)16-19-6-2-1-3-7-19/h1-13,16H,14-15,17H2,(H,27,29). The van der Waals surface area contributed by atoms with Crippen molar-refractivity contribution in [3.63, 3.8) is 0 Å². The molecule has 0 saturated heterocycles. The smallest absolute Gasteiger partial charge is 0.294 e. The number of benzene rings is 3. The Bertz CT molecular complexity index is 1110. The van der Waals surface area contributed by atoms with Gasteiger partial charge in [0.15, 0.2) is 11.5 Å². The average Bonchev–Trinajstić information content (AvgIpc) is 2.79. The van der Waals surface area contributed by atoms with Gasteiger partial charge in [0.2, 0.25) is 5.91 Å². The Hall–Kier alpha value is -3.57. The molecule has 0 aromatic heterocycles. The number of hydrogen-bond acceptors (Lipinski definition) is 3. The van der Waals surface area contributed by atoms with Crippen LogP contribution in [0.4, 0.5) is 5.69 Å². The maximum absolute atomic E-state index is 13.1. The van der Waals surface area contributed by atoms with Crippen LogP contribution in [0.25, 0.3) is 6.08 Å². The van der Waals surface area contributed by atoms with Crippen LogP contribution in [0.2, 0.25) is 5.02 Å². The summed E-state index contributed by atoms with van der Waals surface area (Å²) in [5, 5.41) is 3.56. The number of fused-ring (bicyclic) bond motifs is 1. The number of rotatable bonds is 6. The largest absolute Gasteiger partial charge is 0.449 e. The quantitative estimate of drug-likeness (QED) is 0.585. The molecule has 0 spiro atoms. The van der Waals surface area contributed by atoms with E-state index in [2.05, 4.69) is 5.32 Å². The van der Waals surface area contributed by atoms with Gasteiger partial charge in [0.05, 0.1) is 5.69 Å². The second kappa shape index (κ2) is 9.49. The Balaban J connectivity index is 1.46. The van der Waals surface area contributed by atoms with E-state index in [1.165, 1.54) is 4.90 Å². The summed E-state index contributed by atoms with van der Waals surface area (Å²) in [6, 6.07) is 24.2. The molecule has 1 N–H and O–H groups in total. The molecule has 0 aliphatic carbocycles. The van der Waals surface area contributed by atoms with Gasteiger partial charge >= 0.3 is 0 Å². The molecule has 0 fully saturated rings. The zero-order chi connectivity index (χ0) is 21.6. The van der Waals surface area contributed by atoms with Crippen LogP contribution in [0.15, 0.2) is 84.6 Å². The van der Waals surface area contributed by atoms with Crippen molar-refractivity contribution < 1.29 is 14.3 Å². The minimum atomic E-state index is -0.351. The predicted octanol–water partition coefficient (Wildman–Crippen LogP) is 4.47. The molecule has 156 valence electrons. The first-order valence-corrected chi connectivity index (χ1v) is 10.3. The molecule has 4 rings (SSSR count). The highest BCUT2D eigenvalue weighted by atomic mass is 35.5. The normalized spacial score (nSPS) is 14.2. The van der Waals surface area contributed by atoms with Crippen molar-refractivity contribution in [1.82, 2.24) is 5.32 Å². The van der Waals surface area contributed by atoms with Gasteiger partial charge in [-0.1, -0.05) is 66.2 Å². The number of nitrogens with one attached hydrogen (secondary N) is 1. The summed E-state index contributed by atoms with van der Waals surface area (Å²) < 4.78 is 5.84. The van der Waals surface area contributed by atoms with Crippen molar-refractivity contribution >= 4 is 35.2 Å². The number of hydrogen-bond donors (Lipinski definition) is 1. The summed E-state index contributed by atoms with van der Waals surface area (Å²) in [7, 11) is 0. The van der Waals surface area contributed by atoms with E-state index in [4.69, 9.17) is 16.3 Å². The van der Waals surface area contributed by atoms with Gasteiger partial charge in [0.25, 0.3) is 5.91 Å². The molecule has 3 aromatic carbocycles. The molecule has 31 heavy (non-hydrogen) atoms. The van der Waals surface area contributed by atoms with Crippen LogP contribution in [-0.4, -0.2) is 24.9 Å². The van der Waals surface area contributed by atoms with Gasteiger partial charge in [-0.3, -0.25) is 14.5 Å². The molecular weight excluding hydrogens is 412 g/mol. The third-order valence-electron chi connectivity index (χ3n) is 4.88. The SMILES string of the molecule is O=C(CN1C(=O)C(=Cc2ccccc2)Oc2ccccc21)NCCc1ccc(Cl)cc1.